The van der Waals surface area contributed by atoms with E-state index >= 15 is 0 Å². The van der Waals surface area contributed by atoms with Gasteiger partial charge in [-0.1, -0.05) is 158 Å². The minimum absolute atomic E-state index is 0.841. The molecule has 2 nitrogen and oxygen atoms in total. The van der Waals surface area contributed by atoms with Gasteiger partial charge >= 0.3 is 0 Å². The van der Waals surface area contributed by atoms with Crippen molar-refractivity contribution in [3.63, 3.8) is 0 Å². The van der Waals surface area contributed by atoms with Crippen molar-refractivity contribution in [2.75, 3.05) is 4.90 Å². The molecule has 262 valence electrons. The quantitative estimate of drug-likeness (QED) is 0.165. The first-order chi connectivity index (χ1) is 27.8. The van der Waals surface area contributed by atoms with Crippen molar-refractivity contribution < 1.29 is 4.74 Å². The Labute approximate surface area is 326 Å². The molecule has 0 atom stereocenters. The second-order valence-electron chi connectivity index (χ2n) is 14.5. The summed E-state index contributed by atoms with van der Waals surface area (Å²) < 4.78 is 6.82. The Kier molecular flexibility index (Phi) is 7.53. The van der Waals surface area contributed by atoms with Crippen molar-refractivity contribution in [1.82, 2.24) is 0 Å². The van der Waals surface area contributed by atoms with E-state index in [4.69, 9.17) is 4.74 Å². The first-order valence-electron chi connectivity index (χ1n) is 19.2. The molecule has 0 aliphatic carbocycles. The number of nitrogens with zero attached hydrogens (tertiary/aromatic N) is 1. The van der Waals surface area contributed by atoms with Crippen LogP contribution in [0.1, 0.15) is 0 Å². The van der Waals surface area contributed by atoms with Gasteiger partial charge in [-0.15, -0.1) is 0 Å². The minimum atomic E-state index is 0.841. The van der Waals surface area contributed by atoms with Crippen molar-refractivity contribution >= 4 is 49.4 Å². The van der Waals surface area contributed by atoms with Gasteiger partial charge in [0, 0.05) is 28.2 Å². The van der Waals surface area contributed by atoms with Crippen molar-refractivity contribution in [3.05, 3.63) is 212 Å². The van der Waals surface area contributed by atoms with Crippen LogP contribution in [0.25, 0.3) is 76.8 Å². The largest absolute Gasteiger partial charge is 0.456 e. The van der Waals surface area contributed by atoms with Crippen molar-refractivity contribution in [1.29, 1.82) is 0 Å². The highest BCUT2D eigenvalue weighted by molar-refractivity contribution is 6.14. The Morgan fingerprint density at radius 3 is 1.61 bits per heavy atom. The summed E-state index contributed by atoms with van der Waals surface area (Å²) in [6.45, 7) is 0. The third-order valence-corrected chi connectivity index (χ3v) is 11.3. The van der Waals surface area contributed by atoms with Crippen LogP contribution >= 0.6 is 0 Å². The number of ether oxygens (including phenoxy) is 1. The van der Waals surface area contributed by atoms with Crippen LogP contribution in [0.4, 0.5) is 17.1 Å². The van der Waals surface area contributed by atoms with Crippen LogP contribution in [-0.2, 0) is 0 Å². The highest BCUT2D eigenvalue weighted by Gasteiger charge is 2.24. The summed E-state index contributed by atoms with van der Waals surface area (Å²) in [4.78, 5) is 2.35. The van der Waals surface area contributed by atoms with Gasteiger partial charge in [-0.25, -0.2) is 0 Å². The fraction of sp³-hybridized carbons (Fsp3) is 0. The van der Waals surface area contributed by atoms with E-state index in [-0.39, 0.29) is 0 Å². The van der Waals surface area contributed by atoms with Gasteiger partial charge in [0.1, 0.15) is 11.5 Å². The molecule has 0 spiro atoms. The Morgan fingerprint density at radius 2 is 0.839 bits per heavy atom. The zero-order valence-corrected chi connectivity index (χ0v) is 30.6. The fourth-order valence-corrected chi connectivity index (χ4v) is 8.59. The highest BCUT2D eigenvalue weighted by atomic mass is 16.5. The summed E-state index contributed by atoms with van der Waals surface area (Å²) >= 11 is 0. The predicted molar refractivity (Wildman–Crippen MR) is 235 cm³/mol. The molecule has 0 aromatic heterocycles. The summed E-state index contributed by atoms with van der Waals surface area (Å²) in [6.07, 6.45) is 0. The molecule has 0 saturated carbocycles. The third-order valence-electron chi connectivity index (χ3n) is 11.3. The number of fused-ring (bicyclic) bond motifs is 10. The molecule has 0 radical (unpaired) electrons. The van der Waals surface area contributed by atoms with Crippen molar-refractivity contribution in [2.45, 2.75) is 0 Å². The lowest BCUT2D eigenvalue weighted by atomic mass is 9.91. The smallest absolute Gasteiger partial charge is 0.135 e. The molecule has 56 heavy (non-hydrogen) atoms. The zero-order chi connectivity index (χ0) is 37.0. The van der Waals surface area contributed by atoms with E-state index in [2.05, 4.69) is 217 Å². The molecule has 1 aliphatic heterocycles. The number of hydrogen-bond acceptors (Lipinski definition) is 2. The van der Waals surface area contributed by atoms with E-state index in [0.717, 1.165) is 45.3 Å². The van der Waals surface area contributed by atoms with Crippen LogP contribution in [0.2, 0.25) is 0 Å². The van der Waals surface area contributed by atoms with E-state index in [1.54, 1.807) is 0 Å². The topological polar surface area (TPSA) is 12.5 Å². The molecule has 0 saturated heterocycles. The van der Waals surface area contributed by atoms with Crippen LogP contribution in [0.5, 0.6) is 11.5 Å². The summed E-state index contributed by atoms with van der Waals surface area (Å²) in [6, 6.07) is 76.4. The third kappa shape index (κ3) is 5.34. The van der Waals surface area contributed by atoms with E-state index < -0.39 is 0 Å². The second-order valence-corrected chi connectivity index (χ2v) is 14.5. The van der Waals surface area contributed by atoms with Gasteiger partial charge in [0.05, 0.1) is 0 Å². The van der Waals surface area contributed by atoms with Gasteiger partial charge < -0.3 is 9.64 Å². The Bertz CT molecular complexity index is 3090. The first-order valence-corrected chi connectivity index (χ1v) is 19.2. The summed E-state index contributed by atoms with van der Waals surface area (Å²) in [5, 5.41) is 7.43. The van der Waals surface area contributed by atoms with E-state index in [1.807, 2.05) is 0 Å². The average Bonchev–Trinajstić information content (AvgIpc) is 3.41. The number of anilines is 3. The maximum Gasteiger partial charge on any atom is 0.135 e. The SMILES string of the molecule is c1ccc(-c2ccc(N(c3ccc(-c4cc5ccccc5c5ccccc45)cc3)c3ccc4c(c3)-c3ccccc3-c3c(ccc5ccccc35)O4)cc2)cc1. The standard InChI is InChI=1S/C54H35NO/c1-2-12-36(13-3-1)37-22-27-41(28-23-37)55(42-29-24-39(25-30-42)50-34-40-15-5-6-16-44(40)46-18-8-9-19-47(46)50)43-31-33-52-51(35-43)48-20-10-11-21-49(48)54-45-17-7-4-14-38(45)26-32-53(54)56-52/h1-35H. The zero-order valence-electron chi connectivity index (χ0n) is 30.6. The number of rotatable bonds is 5. The van der Waals surface area contributed by atoms with Crippen LogP contribution in [0, 0.1) is 0 Å². The Balaban J connectivity index is 1.07. The maximum absolute atomic E-state index is 6.82. The van der Waals surface area contributed by atoms with Crippen LogP contribution in [0.3, 0.4) is 0 Å². The molecule has 11 rings (SSSR count). The molecular formula is C54H35NO. The molecule has 2 heteroatoms. The molecule has 0 unspecified atom stereocenters. The second kappa shape index (κ2) is 13.2. The van der Waals surface area contributed by atoms with Crippen LogP contribution < -0.4 is 9.64 Å². The number of benzene rings is 10. The molecule has 0 fully saturated rings. The molecule has 1 heterocycles. The van der Waals surface area contributed by atoms with Crippen LogP contribution in [-0.4, -0.2) is 0 Å². The summed E-state index contributed by atoms with van der Waals surface area (Å²) in [7, 11) is 0. The summed E-state index contributed by atoms with van der Waals surface area (Å²) in [5.74, 6) is 1.71. The number of hydrogen-bond donors (Lipinski definition) is 0. The lowest BCUT2D eigenvalue weighted by Crippen LogP contribution is -2.10. The Hall–Kier alpha value is -7.42. The van der Waals surface area contributed by atoms with Gasteiger partial charge in [0.15, 0.2) is 0 Å². The Morgan fingerprint density at radius 1 is 0.286 bits per heavy atom. The minimum Gasteiger partial charge on any atom is -0.456 e. The van der Waals surface area contributed by atoms with Gasteiger partial charge in [-0.05, 0) is 120 Å². The van der Waals surface area contributed by atoms with Gasteiger partial charge in [-0.2, -0.15) is 0 Å². The van der Waals surface area contributed by atoms with Crippen molar-refractivity contribution in [3.8, 4) is 56.0 Å². The predicted octanol–water partition coefficient (Wildman–Crippen LogP) is 15.4. The van der Waals surface area contributed by atoms with Gasteiger partial charge in [0.25, 0.3) is 0 Å². The molecule has 0 bridgehead atoms. The summed E-state index contributed by atoms with van der Waals surface area (Å²) in [5.41, 5.74) is 12.5. The molecular weight excluding hydrogens is 679 g/mol. The van der Waals surface area contributed by atoms with Gasteiger partial charge in [-0.3, -0.25) is 0 Å². The molecule has 1 aliphatic rings. The molecule has 10 aromatic rings. The van der Waals surface area contributed by atoms with Gasteiger partial charge in [0.2, 0.25) is 0 Å². The van der Waals surface area contributed by atoms with Crippen molar-refractivity contribution in [2.24, 2.45) is 0 Å². The highest BCUT2D eigenvalue weighted by Crippen LogP contribution is 2.51. The van der Waals surface area contributed by atoms with E-state index in [9.17, 15) is 0 Å². The van der Waals surface area contributed by atoms with Crippen LogP contribution in [0.15, 0.2) is 212 Å². The lowest BCUT2D eigenvalue weighted by molar-refractivity contribution is 0.488. The monoisotopic (exact) mass is 713 g/mol. The first kappa shape index (κ1) is 32.0. The average molecular weight is 714 g/mol. The fourth-order valence-electron chi connectivity index (χ4n) is 8.59. The van der Waals surface area contributed by atoms with E-state index in [0.29, 0.717) is 0 Å². The maximum atomic E-state index is 6.82. The lowest BCUT2D eigenvalue weighted by Gasteiger charge is -2.27. The normalized spacial score (nSPS) is 11.7. The van der Waals surface area contributed by atoms with E-state index in [1.165, 1.54) is 60.1 Å². The molecule has 10 aromatic carbocycles. The molecule has 0 N–H and O–H groups in total. The molecule has 0 amide bonds.